The molecule has 2 aromatic rings. The van der Waals surface area contributed by atoms with Crippen molar-refractivity contribution in [2.45, 2.75) is 26.1 Å². The van der Waals surface area contributed by atoms with Crippen molar-refractivity contribution in [3.8, 4) is 0 Å². The van der Waals surface area contributed by atoms with E-state index < -0.39 is 0 Å². The first-order valence-electron chi connectivity index (χ1n) is 6.66. The first kappa shape index (κ1) is 12.1. The molecule has 1 aliphatic rings. The number of benzene rings is 2. The number of nitrogens with zero attached hydrogens (tertiary/aromatic N) is 1. The van der Waals surface area contributed by atoms with Gasteiger partial charge >= 0.3 is 0 Å². The molecular weight excluding hydrogens is 234 g/mol. The van der Waals surface area contributed by atoms with E-state index in [9.17, 15) is 4.79 Å². The lowest BCUT2D eigenvalue weighted by atomic mass is 9.93. The van der Waals surface area contributed by atoms with Gasteiger partial charge in [0.15, 0.2) is 5.78 Å². The second-order valence-electron chi connectivity index (χ2n) is 5.09. The van der Waals surface area contributed by atoms with Gasteiger partial charge in [-0.15, -0.1) is 0 Å². The Balaban J connectivity index is 1.87. The quantitative estimate of drug-likeness (QED) is 0.816. The molecule has 1 atom stereocenters. The van der Waals surface area contributed by atoms with Gasteiger partial charge in [0.05, 0.1) is 6.04 Å². The van der Waals surface area contributed by atoms with Crippen molar-refractivity contribution in [1.82, 2.24) is 4.90 Å². The predicted octanol–water partition coefficient (Wildman–Crippen LogP) is 3.27. The highest BCUT2D eigenvalue weighted by Crippen LogP contribution is 2.24. The molecule has 0 aliphatic carbocycles. The van der Waals surface area contributed by atoms with Crippen LogP contribution in [-0.4, -0.2) is 16.7 Å². The fourth-order valence-electron chi connectivity index (χ4n) is 2.66. The van der Waals surface area contributed by atoms with E-state index in [2.05, 4.69) is 23.1 Å². The van der Waals surface area contributed by atoms with Crippen LogP contribution in [0.4, 0.5) is 0 Å². The average molecular weight is 251 g/mol. The summed E-state index contributed by atoms with van der Waals surface area (Å²) >= 11 is 0. The summed E-state index contributed by atoms with van der Waals surface area (Å²) in [7, 11) is 0. The molecule has 0 radical (unpaired) electrons. The molecule has 19 heavy (non-hydrogen) atoms. The lowest BCUT2D eigenvalue weighted by Crippen LogP contribution is -2.42. The molecule has 3 rings (SSSR count). The molecule has 0 bridgehead atoms. The number of rotatable bonds is 2. The summed E-state index contributed by atoms with van der Waals surface area (Å²) < 4.78 is 0. The Hall–Kier alpha value is -1.93. The number of ketones is 1. The van der Waals surface area contributed by atoms with Crippen molar-refractivity contribution in [3.05, 3.63) is 71.3 Å². The molecule has 0 N–H and O–H groups in total. The molecular formula is C17H17NO. The monoisotopic (exact) mass is 251 g/mol. The van der Waals surface area contributed by atoms with Crippen molar-refractivity contribution in [2.75, 3.05) is 0 Å². The van der Waals surface area contributed by atoms with Crippen molar-refractivity contribution >= 4 is 5.78 Å². The molecule has 0 saturated heterocycles. The third kappa shape index (κ3) is 2.32. The van der Waals surface area contributed by atoms with Crippen molar-refractivity contribution < 1.29 is 4.79 Å². The van der Waals surface area contributed by atoms with Crippen LogP contribution in [0, 0.1) is 0 Å². The van der Waals surface area contributed by atoms with E-state index in [4.69, 9.17) is 0 Å². The molecule has 2 nitrogen and oxygen atoms in total. The normalized spacial score (nSPS) is 19.2. The standard InChI is InChI=1S/C17H17NO/c1-13-17(19)16-10-6-5-9-15(16)12-18(13)11-14-7-3-2-4-8-14/h2-10,13H,11-12H2,1H3. The van der Waals surface area contributed by atoms with Gasteiger partial charge < -0.3 is 0 Å². The Labute approximate surface area is 113 Å². The maximum absolute atomic E-state index is 12.4. The van der Waals surface area contributed by atoms with Crippen molar-refractivity contribution in [2.24, 2.45) is 0 Å². The highest BCUT2D eigenvalue weighted by Gasteiger charge is 2.29. The van der Waals surface area contributed by atoms with E-state index in [1.54, 1.807) is 0 Å². The summed E-state index contributed by atoms with van der Waals surface area (Å²) in [5.41, 5.74) is 3.28. The topological polar surface area (TPSA) is 20.3 Å². The van der Waals surface area contributed by atoms with Crippen molar-refractivity contribution in [3.63, 3.8) is 0 Å². The maximum Gasteiger partial charge on any atom is 0.180 e. The van der Waals surface area contributed by atoms with Gasteiger partial charge in [-0.25, -0.2) is 0 Å². The number of hydrogen-bond donors (Lipinski definition) is 0. The molecule has 2 heteroatoms. The summed E-state index contributed by atoms with van der Waals surface area (Å²) in [5, 5.41) is 0. The fraction of sp³-hybridized carbons (Fsp3) is 0.235. The fourth-order valence-corrected chi connectivity index (χ4v) is 2.66. The predicted molar refractivity (Wildman–Crippen MR) is 75.9 cm³/mol. The van der Waals surface area contributed by atoms with Gasteiger partial charge in [-0.1, -0.05) is 54.6 Å². The molecule has 2 aromatic carbocycles. The van der Waals surface area contributed by atoms with Crippen LogP contribution in [0.1, 0.15) is 28.4 Å². The zero-order valence-corrected chi connectivity index (χ0v) is 11.0. The van der Waals surface area contributed by atoms with Gasteiger partial charge in [0.25, 0.3) is 0 Å². The van der Waals surface area contributed by atoms with Crippen LogP contribution in [0.15, 0.2) is 54.6 Å². The molecule has 0 saturated carbocycles. The molecule has 0 fully saturated rings. The van der Waals surface area contributed by atoms with Crippen LogP contribution in [0.25, 0.3) is 0 Å². The highest BCUT2D eigenvalue weighted by atomic mass is 16.1. The summed E-state index contributed by atoms with van der Waals surface area (Å²) in [6.07, 6.45) is 0. The molecule has 1 aliphatic heterocycles. The number of Topliss-reactive ketones (excluding diaryl/α,β-unsaturated/α-hetero) is 1. The summed E-state index contributed by atoms with van der Waals surface area (Å²) in [6, 6.07) is 18.2. The Morgan fingerprint density at radius 2 is 1.74 bits per heavy atom. The third-order valence-electron chi connectivity index (χ3n) is 3.81. The Morgan fingerprint density at radius 3 is 2.53 bits per heavy atom. The van der Waals surface area contributed by atoms with E-state index in [0.717, 1.165) is 24.2 Å². The minimum absolute atomic E-state index is 0.0462. The zero-order valence-electron chi connectivity index (χ0n) is 11.0. The second-order valence-corrected chi connectivity index (χ2v) is 5.09. The SMILES string of the molecule is CC1C(=O)c2ccccc2CN1Cc1ccccc1. The van der Waals surface area contributed by atoms with Crippen LogP contribution in [0.5, 0.6) is 0 Å². The third-order valence-corrected chi connectivity index (χ3v) is 3.81. The summed E-state index contributed by atoms with van der Waals surface area (Å²) in [4.78, 5) is 14.6. The summed E-state index contributed by atoms with van der Waals surface area (Å²) in [6.45, 7) is 3.67. The first-order chi connectivity index (χ1) is 9.25. The van der Waals surface area contributed by atoms with Crippen LogP contribution < -0.4 is 0 Å². The molecule has 1 heterocycles. The lowest BCUT2D eigenvalue weighted by Gasteiger charge is -2.33. The van der Waals surface area contributed by atoms with E-state index in [1.807, 2.05) is 43.3 Å². The molecule has 96 valence electrons. The van der Waals surface area contributed by atoms with E-state index in [-0.39, 0.29) is 11.8 Å². The molecule has 0 spiro atoms. The Morgan fingerprint density at radius 1 is 1.05 bits per heavy atom. The minimum Gasteiger partial charge on any atom is -0.292 e. The van der Waals surface area contributed by atoms with Crippen molar-refractivity contribution in [1.29, 1.82) is 0 Å². The van der Waals surface area contributed by atoms with E-state index >= 15 is 0 Å². The van der Waals surface area contributed by atoms with Crippen LogP contribution in [0.2, 0.25) is 0 Å². The Bertz CT molecular complexity index is 591. The van der Waals surface area contributed by atoms with Gasteiger partial charge in [0.1, 0.15) is 0 Å². The lowest BCUT2D eigenvalue weighted by molar-refractivity contribution is 0.0779. The highest BCUT2D eigenvalue weighted by molar-refractivity contribution is 6.02. The number of hydrogen-bond acceptors (Lipinski definition) is 2. The Kier molecular flexibility index (Phi) is 3.18. The maximum atomic E-state index is 12.4. The molecule has 0 aromatic heterocycles. The average Bonchev–Trinajstić information content (AvgIpc) is 2.46. The van der Waals surface area contributed by atoms with Gasteiger partial charge in [-0.3, -0.25) is 9.69 Å². The van der Waals surface area contributed by atoms with Crippen LogP contribution in [-0.2, 0) is 13.1 Å². The molecule has 0 amide bonds. The second kappa shape index (κ2) is 4.98. The largest absolute Gasteiger partial charge is 0.292 e. The number of carbonyl (C=O) groups is 1. The van der Waals surface area contributed by atoms with Gasteiger partial charge in [-0.2, -0.15) is 0 Å². The summed E-state index contributed by atoms with van der Waals surface area (Å²) in [5.74, 6) is 0.234. The van der Waals surface area contributed by atoms with Crippen LogP contribution in [0.3, 0.4) is 0 Å². The van der Waals surface area contributed by atoms with Crippen LogP contribution >= 0.6 is 0 Å². The molecule has 1 unspecified atom stereocenters. The van der Waals surface area contributed by atoms with Gasteiger partial charge in [0, 0.05) is 18.7 Å². The minimum atomic E-state index is -0.0462. The zero-order chi connectivity index (χ0) is 13.2. The van der Waals surface area contributed by atoms with E-state index in [1.165, 1.54) is 5.56 Å². The van der Waals surface area contributed by atoms with Gasteiger partial charge in [-0.05, 0) is 18.1 Å². The smallest absolute Gasteiger partial charge is 0.180 e. The first-order valence-corrected chi connectivity index (χ1v) is 6.66. The van der Waals surface area contributed by atoms with Gasteiger partial charge in [0.2, 0.25) is 0 Å². The van der Waals surface area contributed by atoms with E-state index in [0.29, 0.717) is 0 Å². The number of fused-ring (bicyclic) bond motifs is 1. The number of carbonyl (C=O) groups excluding carboxylic acids is 1.